The number of aliphatic carboxylic acids is 1. The van der Waals surface area contributed by atoms with Crippen LogP contribution in [-0.4, -0.2) is 50.0 Å². The highest BCUT2D eigenvalue weighted by Crippen LogP contribution is 2.34. The van der Waals surface area contributed by atoms with Crippen molar-refractivity contribution in [2.75, 3.05) is 33.0 Å². The zero-order valence-corrected chi connectivity index (χ0v) is 14.1. The van der Waals surface area contributed by atoms with E-state index in [0.717, 1.165) is 5.56 Å². The summed E-state index contributed by atoms with van der Waals surface area (Å²) in [6.07, 6.45) is 1.62. The third kappa shape index (κ3) is 4.04. The molecule has 7 heteroatoms. The molecule has 0 aromatic heterocycles. The Bertz CT molecular complexity index is 638. The van der Waals surface area contributed by atoms with Crippen molar-refractivity contribution in [3.8, 4) is 11.5 Å². The van der Waals surface area contributed by atoms with E-state index in [-0.39, 0.29) is 18.9 Å². The summed E-state index contributed by atoms with van der Waals surface area (Å²) < 4.78 is 16.4. The number of carboxylic acids is 1. The Morgan fingerprint density at radius 3 is 2.64 bits per heavy atom. The summed E-state index contributed by atoms with van der Waals surface area (Å²) in [6, 6.07) is 5.64. The van der Waals surface area contributed by atoms with Crippen molar-refractivity contribution >= 4 is 11.9 Å². The van der Waals surface area contributed by atoms with Crippen LogP contribution in [0.2, 0.25) is 0 Å². The molecule has 0 saturated carbocycles. The lowest BCUT2D eigenvalue weighted by Crippen LogP contribution is -2.46. The van der Waals surface area contributed by atoms with Gasteiger partial charge in [-0.1, -0.05) is 12.1 Å². The average molecular weight is 349 g/mol. The van der Waals surface area contributed by atoms with E-state index in [2.05, 4.69) is 5.32 Å². The summed E-state index contributed by atoms with van der Waals surface area (Å²) >= 11 is 0. The molecular weight excluding hydrogens is 326 g/mol. The smallest absolute Gasteiger partial charge is 0.311 e. The Morgan fingerprint density at radius 1 is 1.12 bits per heavy atom. The van der Waals surface area contributed by atoms with E-state index in [1.54, 1.807) is 0 Å². The summed E-state index contributed by atoms with van der Waals surface area (Å²) in [7, 11) is 0. The lowest BCUT2D eigenvalue weighted by molar-refractivity contribution is -0.154. The first kappa shape index (κ1) is 17.5. The highest BCUT2D eigenvalue weighted by Gasteiger charge is 2.40. The first-order chi connectivity index (χ1) is 12.1. The molecule has 0 bridgehead atoms. The zero-order chi connectivity index (χ0) is 17.7. The largest absolute Gasteiger partial charge is 0.486 e. The Kier molecular flexibility index (Phi) is 5.43. The number of ether oxygens (including phenoxy) is 3. The van der Waals surface area contributed by atoms with Crippen molar-refractivity contribution < 1.29 is 28.9 Å². The van der Waals surface area contributed by atoms with E-state index >= 15 is 0 Å². The molecule has 2 N–H and O–H groups in total. The van der Waals surface area contributed by atoms with Gasteiger partial charge in [-0.3, -0.25) is 9.59 Å². The van der Waals surface area contributed by atoms with Crippen molar-refractivity contribution in [3.05, 3.63) is 23.8 Å². The molecule has 1 saturated heterocycles. The predicted molar refractivity (Wildman–Crippen MR) is 88.9 cm³/mol. The minimum atomic E-state index is -0.920. The molecule has 0 radical (unpaired) electrons. The number of carbonyl (C=O) groups is 2. The van der Waals surface area contributed by atoms with Crippen molar-refractivity contribution in [2.24, 2.45) is 5.41 Å². The number of carboxylic acid groups (broad SMARTS) is 1. The molecule has 2 aliphatic heterocycles. The Hall–Kier alpha value is -2.28. The number of fused-ring (bicyclic) bond motifs is 1. The molecule has 1 fully saturated rings. The van der Waals surface area contributed by atoms with Gasteiger partial charge in [0.05, 0.1) is 5.41 Å². The van der Waals surface area contributed by atoms with Crippen LogP contribution in [0.25, 0.3) is 0 Å². The first-order valence-electron chi connectivity index (χ1n) is 8.56. The number of para-hydroxylation sites is 1. The number of amides is 1. The minimum absolute atomic E-state index is 0.136. The number of hydrogen-bond donors (Lipinski definition) is 2. The van der Waals surface area contributed by atoms with Gasteiger partial charge in [0.1, 0.15) is 13.2 Å². The van der Waals surface area contributed by atoms with E-state index in [1.807, 2.05) is 18.2 Å². The molecule has 7 nitrogen and oxygen atoms in total. The van der Waals surface area contributed by atoms with E-state index < -0.39 is 11.4 Å². The van der Waals surface area contributed by atoms with Gasteiger partial charge in [0.2, 0.25) is 5.91 Å². The second-order valence-electron chi connectivity index (χ2n) is 6.42. The standard InChI is InChI=1S/C18H23NO6/c20-15(19-12-18(17(21)22)6-8-23-9-7-18)5-4-13-2-1-3-14-16(13)25-11-10-24-14/h1-3H,4-12H2,(H,19,20)(H,21,22). The number of aryl methyl sites for hydroxylation is 1. The Balaban J connectivity index is 1.54. The highest BCUT2D eigenvalue weighted by molar-refractivity contribution is 5.79. The SMILES string of the molecule is O=C(CCc1cccc2c1OCCO2)NCC1(C(=O)O)CCOCC1. The molecule has 1 aromatic rings. The normalized spacial score (nSPS) is 18.4. The van der Waals surface area contributed by atoms with Crippen LogP contribution >= 0.6 is 0 Å². The summed E-state index contributed by atoms with van der Waals surface area (Å²) in [5, 5.41) is 12.3. The van der Waals surface area contributed by atoms with E-state index in [0.29, 0.717) is 57.2 Å². The second-order valence-corrected chi connectivity index (χ2v) is 6.42. The van der Waals surface area contributed by atoms with Gasteiger partial charge in [0, 0.05) is 26.2 Å². The number of rotatable bonds is 6. The van der Waals surface area contributed by atoms with Gasteiger partial charge < -0.3 is 24.6 Å². The Morgan fingerprint density at radius 2 is 1.88 bits per heavy atom. The third-order valence-electron chi connectivity index (χ3n) is 4.80. The van der Waals surface area contributed by atoms with Crippen LogP contribution in [0.3, 0.4) is 0 Å². The van der Waals surface area contributed by atoms with Crippen molar-refractivity contribution in [1.29, 1.82) is 0 Å². The summed E-state index contributed by atoms with van der Waals surface area (Å²) in [4.78, 5) is 23.8. The molecule has 0 spiro atoms. The molecule has 2 heterocycles. The van der Waals surface area contributed by atoms with Gasteiger partial charge in [0.25, 0.3) is 0 Å². The van der Waals surface area contributed by atoms with Crippen LogP contribution in [0.1, 0.15) is 24.8 Å². The van der Waals surface area contributed by atoms with Crippen LogP contribution in [0.5, 0.6) is 11.5 Å². The fourth-order valence-electron chi connectivity index (χ4n) is 3.16. The maximum Gasteiger partial charge on any atom is 0.311 e. The third-order valence-corrected chi connectivity index (χ3v) is 4.80. The van der Waals surface area contributed by atoms with Crippen molar-refractivity contribution in [2.45, 2.75) is 25.7 Å². The van der Waals surface area contributed by atoms with E-state index in [1.165, 1.54) is 0 Å². The molecular formula is C18H23NO6. The average Bonchev–Trinajstić information content (AvgIpc) is 2.65. The fourth-order valence-corrected chi connectivity index (χ4v) is 3.16. The molecule has 0 aliphatic carbocycles. The molecule has 1 amide bonds. The summed E-state index contributed by atoms with van der Waals surface area (Å²) in [5.41, 5.74) is 0.00269. The topological polar surface area (TPSA) is 94.1 Å². The van der Waals surface area contributed by atoms with Crippen molar-refractivity contribution in [1.82, 2.24) is 5.32 Å². The first-order valence-corrected chi connectivity index (χ1v) is 8.56. The monoisotopic (exact) mass is 349 g/mol. The molecule has 2 aliphatic rings. The maximum absolute atomic E-state index is 12.2. The van der Waals surface area contributed by atoms with Gasteiger partial charge in [-0.2, -0.15) is 0 Å². The van der Waals surface area contributed by atoms with Gasteiger partial charge in [-0.15, -0.1) is 0 Å². The number of benzene rings is 1. The van der Waals surface area contributed by atoms with Gasteiger partial charge in [-0.05, 0) is 30.9 Å². The molecule has 25 heavy (non-hydrogen) atoms. The molecule has 3 rings (SSSR count). The predicted octanol–water partition coefficient (Wildman–Crippen LogP) is 1.39. The lowest BCUT2D eigenvalue weighted by atomic mass is 9.80. The zero-order valence-electron chi connectivity index (χ0n) is 14.1. The quantitative estimate of drug-likeness (QED) is 0.806. The van der Waals surface area contributed by atoms with Crippen LogP contribution in [0.15, 0.2) is 18.2 Å². The second kappa shape index (κ2) is 7.74. The van der Waals surface area contributed by atoms with E-state index in [4.69, 9.17) is 14.2 Å². The number of nitrogens with one attached hydrogen (secondary N) is 1. The molecule has 1 aromatic carbocycles. The number of hydrogen-bond acceptors (Lipinski definition) is 5. The van der Waals surface area contributed by atoms with Gasteiger partial charge >= 0.3 is 5.97 Å². The van der Waals surface area contributed by atoms with E-state index in [9.17, 15) is 14.7 Å². The number of carbonyl (C=O) groups excluding carboxylic acids is 1. The molecule has 0 unspecified atom stereocenters. The van der Waals surface area contributed by atoms with Gasteiger partial charge in [0.15, 0.2) is 11.5 Å². The van der Waals surface area contributed by atoms with Crippen LogP contribution < -0.4 is 14.8 Å². The molecule has 0 atom stereocenters. The summed E-state index contributed by atoms with van der Waals surface area (Å²) in [5.74, 6) is 0.365. The van der Waals surface area contributed by atoms with Crippen LogP contribution in [0.4, 0.5) is 0 Å². The fraction of sp³-hybridized carbons (Fsp3) is 0.556. The van der Waals surface area contributed by atoms with Crippen LogP contribution in [0, 0.1) is 5.41 Å². The highest BCUT2D eigenvalue weighted by atomic mass is 16.6. The van der Waals surface area contributed by atoms with Gasteiger partial charge in [-0.25, -0.2) is 0 Å². The minimum Gasteiger partial charge on any atom is -0.486 e. The van der Waals surface area contributed by atoms with Crippen molar-refractivity contribution in [3.63, 3.8) is 0 Å². The Labute approximate surface area is 146 Å². The molecule has 136 valence electrons. The summed E-state index contributed by atoms with van der Waals surface area (Å²) in [6.45, 7) is 1.99. The van der Waals surface area contributed by atoms with Crippen LogP contribution in [-0.2, 0) is 20.7 Å². The maximum atomic E-state index is 12.2. The lowest BCUT2D eigenvalue weighted by Gasteiger charge is -2.33.